The van der Waals surface area contributed by atoms with Gasteiger partial charge in [0, 0.05) is 17.9 Å². The van der Waals surface area contributed by atoms with Crippen LogP contribution in [0.5, 0.6) is 0 Å². The molecule has 5 heteroatoms. The summed E-state index contributed by atoms with van der Waals surface area (Å²) in [7, 11) is 0. The molecule has 0 aromatic heterocycles. The Morgan fingerprint density at radius 3 is 2.47 bits per heavy atom. The van der Waals surface area contributed by atoms with Gasteiger partial charge in [-0.2, -0.15) is 13.2 Å². The van der Waals surface area contributed by atoms with Crippen LogP contribution in [0.25, 0.3) is 0 Å². The summed E-state index contributed by atoms with van der Waals surface area (Å²) in [5.74, 6) is 0. The van der Waals surface area contributed by atoms with E-state index in [1.165, 1.54) is 0 Å². The first-order valence-corrected chi connectivity index (χ1v) is 4.54. The summed E-state index contributed by atoms with van der Waals surface area (Å²) in [6.07, 6.45) is -4.97. The summed E-state index contributed by atoms with van der Waals surface area (Å²) in [5.41, 5.74) is 7.64. The van der Waals surface area contributed by atoms with Gasteiger partial charge in [-0.25, -0.2) is 0 Å². The summed E-state index contributed by atoms with van der Waals surface area (Å²) in [6.45, 7) is 1.71. The fourth-order valence-corrected chi connectivity index (χ4v) is 1.26. The standard InChI is InChI=1S/C10H13F3N2/c1-7-4-8(14)6-9(5-7)15-3-2-10(11,12)13/h4-6,15H,2-3,14H2,1H3. The largest absolute Gasteiger partial charge is 0.399 e. The highest BCUT2D eigenvalue weighted by molar-refractivity contribution is 5.56. The molecular formula is C10H13F3N2. The van der Waals surface area contributed by atoms with E-state index in [4.69, 9.17) is 5.73 Å². The molecule has 3 N–H and O–H groups in total. The maximum Gasteiger partial charge on any atom is 0.390 e. The molecule has 2 nitrogen and oxygen atoms in total. The number of benzene rings is 1. The van der Waals surface area contributed by atoms with Crippen LogP contribution in [0, 0.1) is 6.92 Å². The van der Waals surface area contributed by atoms with Crippen LogP contribution < -0.4 is 11.1 Å². The van der Waals surface area contributed by atoms with Crippen molar-refractivity contribution in [3.05, 3.63) is 23.8 Å². The molecule has 1 rings (SSSR count). The minimum atomic E-state index is -4.12. The van der Waals surface area contributed by atoms with Gasteiger partial charge in [0.15, 0.2) is 0 Å². The van der Waals surface area contributed by atoms with Crippen molar-refractivity contribution < 1.29 is 13.2 Å². The van der Waals surface area contributed by atoms with Crippen LogP contribution in [-0.4, -0.2) is 12.7 Å². The average molecular weight is 218 g/mol. The Hall–Kier alpha value is -1.39. The molecule has 1 aromatic rings. The number of aryl methyl sites for hydroxylation is 1. The molecule has 0 aliphatic rings. The highest BCUT2D eigenvalue weighted by Crippen LogP contribution is 2.20. The van der Waals surface area contributed by atoms with E-state index in [2.05, 4.69) is 5.32 Å². The molecule has 0 heterocycles. The molecule has 0 saturated carbocycles. The van der Waals surface area contributed by atoms with E-state index in [-0.39, 0.29) is 6.54 Å². The lowest BCUT2D eigenvalue weighted by molar-refractivity contribution is -0.131. The zero-order valence-electron chi connectivity index (χ0n) is 8.36. The Morgan fingerprint density at radius 1 is 1.27 bits per heavy atom. The van der Waals surface area contributed by atoms with E-state index >= 15 is 0 Å². The second-order valence-corrected chi connectivity index (χ2v) is 3.42. The van der Waals surface area contributed by atoms with Gasteiger partial charge in [0.25, 0.3) is 0 Å². The topological polar surface area (TPSA) is 38.0 Å². The van der Waals surface area contributed by atoms with Gasteiger partial charge in [0.1, 0.15) is 0 Å². The predicted molar refractivity (Wildman–Crippen MR) is 54.8 cm³/mol. The third-order valence-electron chi connectivity index (χ3n) is 1.84. The third kappa shape index (κ3) is 4.58. The normalized spacial score (nSPS) is 11.5. The van der Waals surface area contributed by atoms with Crippen molar-refractivity contribution in [3.63, 3.8) is 0 Å². The molecule has 0 bridgehead atoms. The molecule has 0 radical (unpaired) electrons. The number of rotatable bonds is 3. The Kier molecular flexibility index (Phi) is 3.44. The first-order chi connectivity index (χ1) is 6.87. The highest BCUT2D eigenvalue weighted by atomic mass is 19.4. The van der Waals surface area contributed by atoms with Gasteiger partial charge in [0.05, 0.1) is 6.42 Å². The van der Waals surface area contributed by atoms with Gasteiger partial charge in [-0.15, -0.1) is 0 Å². The Balaban J connectivity index is 2.51. The molecule has 0 aliphatic heterocycles. The molecule has 0 amide bonds. The van der Waals surface area contributed by atoms with Crippen LogP contribution in [0.2, 0.25) is 0 Å². The molecule has 0 spiro atoms. The summed E-state index contributed by atoms with van der Waals surface area (Å²) in [4.78, 5) is 0. The zero-order valence-corrected chi connectivity index (χ0v) is 8.36. The van der Waals surface area contributed by atoms with Crippen molar-refractivity contribution >= 4 is 11.4 Å². The van der Waals surface area contributed by atoms with Crippen molar-refractivity contribution in [3.8, 4) is 0 Å². The number of nitrogens with two attached hydrogens (primary N) is 1. The van der Waals surface area contributed by atoms with Crippen LogP contribution in [0.3, 0.4) is 0 Å². The van der Waals surface area contributed by atoms with Crippen LogP contribution >= 0.6 is 0 Å². The maximum absolute atomic E-state index is 11.9. The lowest BCUT2D eigenvalue weighted by Crippen LogP contribution is -2.14. The van der Waals surface area contributed by atoms with Crippen LogP contribution in [0.4, 0.5) is 24.5 Å². The van der Waals surface area contributed by atoms with Gasteiger partial charge in [0.2, 0.25) is 0 Å². The third-order valence-corrected chi connectivity index (χ3v) is 1.84. The predicted octanol–water partition coefficient (Wildman–Crippen LogP) is 2.94. The smallest absolute Gasteiger partial charge is 0.390 e. The van der Waals surface area contributed by atoms with E-state index in [9.17, 15) is 13.2 Å². The first kappa shape index (κ1) is 11.7. The lowest BCUT2D eigenvalue weighted by Gasteiger charge is -2.10. The van der Waals surface area contributed by atoms with Gasteiger partial charge in [-0.3, -0.25) is 0 Å². The fraction of sp³-hybridized carbons (Fsp3) is 0.400. The van der Waals surface area contributed by atoms with Crippen molar-refractivity contribution in [2.24, 2.45) is 0 Å². The summed E-state index contributed by atoms with van der Waals surface area (Å²) in [6, 6.07) is 5.13. The molecule has 0 fully saturated rings. The van der Waals surface area contributed by atoms with Crippen molar-refractivity contribution in [2.45, 2.75) is 19.5 Å². The van der Waals surface area contributed by atoms with Crippen LogP contribution in [0.1, 0.15) is 12.0 Å². The monoisotopic (exact) mass is 218 g/mol. The Morgan fingerprint density at radius 2 is 1.93 bits per heavy atom. The number of nitrogens with one attached hydrogen (secondary N) is 1. The molecule has 0 aliphatic carbocycles. The molecule has 1 aromatic carbocycles. The molecule has 15 heavy (non-hydrogen) atoms. The van der Waals surface area contributed by atoms with E-state index < -0.39 is 12.6 Å². The Bertz CT molecular complexity index is 314. The zero-order chi connectivity index (χ0) is 11.5. The maximum atomic E-state index is 11.9. The van der Waals surface area contributed by atoms with Gasteiger partial charge >= 0.3 is 6.18 Å². The summed E-state index contributed by atoms with van der Waals surface area (Å²) >= 11 is 0. The summed E-state index contributed by atoms with van der Waals surface area (Å²) in [5, 5.41) is 2.68. The van der Waals surface area contributed by atoms with E-state index in [1.807, 2.05) is 6.92 Å². The van der Waals surface area contributed by atoms with Crippen LogP contribution in [0.15, 0.2) is 18.2 Å². The molecular weight excluding hydrogens is 205 g/mol. The fourth-order valence-electron chi connectivity index (χ4n) is 1.26. The minimum Gasteiger partial charge on any atom is -0.399 e. The van der Waals surface area contributed by atoms with Gasteiger partial charge in [-0.05, 0) is 30.7 Å². The number of alkyl halides is 3. The number of halogens is 3. The number of hydrogen-bond acceptors (Lipinski definition) is 2. The van der Waals surface area contributed by atoms with E-state index in [0.717, 1.165) is 5.56 Å². The first-order valence-electron chi connectivity index (χ1n) is 4.54. The van der Waals surface area contributed by atoms with Crippen molar-refractivity contribution in [1.82, 2.24) is 0 Å². The Labute approximate surface area is 86.3 Å². The lowest BCUT2D eigenvalue weighted by atomic mass is 10.2. The quantitative estimate of drug-likeness (QED) is 0.765. The molecule has 0 saturated heterocycles. The van der Waals surface area contributed by atoms with Crippen molar-refractivity contribution in [2.75, 3.05) is 17.6 Å². The minimum absolute atomic E-state index is 0.133. The van der Waals surface area contributed by atoms with Crippen molar-refractivity contribution in [1.29, 1.82) is 0 Å². The molecule has 0 atom stereocenters. The van der Waals surface area contributed by atoms with E-state index in [0.29, 0.717) is 11.4 Å². The molecule has 0 unspecified atom stereocenters. The average Bonchev–Trinajstić information content (AvgIpc) is 1.99. The van der Waals surface area contributed by atoms with Crippen LogP contribution in [-0.2, 0) is 0 Å². The van der Waals surface area contributed by atoms with E-state index in [1.54, 1.807) is 18.2 Å². The SMILES string of the molecule is Cc1cc(N)cc(NCCC(F)(F)F)c1. The number of nitrogen functional groups attached to an aromatic ring is 1. The second-order valence-electron chi connectivity index (χ2n) is 3.42. The number of hydrogen-bond donors (Lipinski definition) is 2. The number of anilines is 2. The van der Waals surface area contributed by atoms with Gasteiger partial charge in [-0.1, -0.05) is 0 Å². The molecule has 84 valence electrons. The second kappa shape index (κ2) is 4.42. The highest BCUT2D eigenvalue weighted by Gasteiger charge is 2.26. The van der Waals surface area contributed by atoms with Gasteiger partial charge < -0.3 is 11.1 Å². The summed E-state index contributed by atoms with van der Waals surface area (Å²) < 4.78 is 35.6.